The van der Waals surface area contributed by atoms with Crippen LogP contribution in [0.4, 0.5) is 0 Å². The van der Waals surface area contributed by atoms with Crippen molar-refractivity contribution >= 4 is 27.5 Å². The van der Waals surface area contributed by atoms with Gasteiger partial charge in [0, 0.05) is 21.5 Å². The van der Waals surface area contributed by atoms with E-state index in [1.54, 1.807) is 18.2 Å². The Morgan fingerprint density at radius 2 is 1.23 bits per heavy atom. The molecule has 0 saturated carbocycles. The van der Waals surface area contributed by atoms with E-state index < -0.39 is 18.2 Å². The third-order valence-electron chi connectivity index (χ3n) is 6.29. The first-order chi connectivity index (χ1) is 17.0. The van der Waals surface area contributed by atoms with Gasteiger partial charge in [-0.3, -0.25) is 0 Å². The zero-order chi connectivity index (χ0) is 25.2. The fourth-order valence-electron chi connectivity index (χ4n) is 4.33. The number of carbonyl (C=O) groups is 1. The highest BCUT2D eigenvalue weighted by Crippen LogP contribution is 2.43. The molecule has 2 unspecified atom stereocenters. The Morgan fingerprint density at radius 1 is 0.743 bits per heavy atom. The van der Waals surface area contributed by atoms with Crippen molar-refractivity contribution in [3.05, 3.63) is 48.0 Å². The van der Waals surface area contributed by atoms with E-state index in [4.69, 9.17) is 9.47 Å². The molecule has 3 rings (SSSR count). The minimum atomic E-state index is -1.03. The minimum absolute atomic E-state index is 0.121. The zero-order valence-corrected chi connectivity index (χ0v) is 20.8. The van der Waals surface area contributed by atoms with Crippen LogP contribution in [0.15, 0.2) is 42.5 Å². The highest BCUT2D eigenvalue weighted by molar-refractivity contribution is 6.12. The smallest absolute Gasteiger partial charge is 0.335 e. The van der Waals surface area contributed by atoms with Crippen molar-refractivity contribution in [3.8, 4) is 11.5 Å². The predicted octanol–water partition coefficient (Wildman–Crippen LogP) is 6.33. The van der Waals surface area contributed by atoms with Gasteiger partial charge in [0.15, 0.2) is 0 Å². The van der Waals surface area contributed by atoms with Gasteiger partial charge in [0.1, 0.15) is 24.7 Å². The number of fused-ring (bicyclic) bond motifs is 2. The molecule has 0 radical (unpaired) electrons. The Morgan fingerprint density at radius 3 is 1.71 bits per heavy atom. The molecular weight excluding hydrogens is 444 g/mol. The third-order valence-corrected chi connectivity index (χ3v) is 6.29. The van der Waals surface area contributed by atoms with Gasteiger partial charge in [0.05, 0.1) is 17.8 Å². The molecule has 0 aromatic heterocycles. The van der Waals surface area contributed by atoms with Crippen LogP contribution in [0.1, 0.15) is 75.6 Å². The summed E-state index contributed by atoms with van der Waals surface area (Å²) in [4.78, 5) is 11.7. The molecule has 0 fully saturated rings. The average Bonchev–Trinajstić information content (AvgIpc) is 2.86. The number of aromatic carboxylic acids is 1. The number of aliphatic hydroxyl groups is 2. The average molecular weight is 483 g/mol. The standard InChI is InChI=1S/C29H38O6/c1-3-5-7-11-21(30)18-34-27-23-13-9-10-14-24(23)28(35-19-22(31)12-8-6-4-2)26-17-20(29(32)33)15-16-25(26)27/h9-10,13-17,21-22,30-31H,3-8,11-12,18-19H2,1-2H3,(H,32,33). The minimum Gasteiger partial charge on any atom is -0.490 e. The van der Waals surface area contributed by atoms with E-state index in [1.165, 1.54) is 0 Å². The van der Waals surface area contributed by atoms with Crippen LogP contribution in [0.3, 0.4) is 0 Å². The van der Waals surface area contributed by atoms with Crippen LogP contribution in [0.2, 0.25) is 0 Å². The number of carboxylic acids is 1. The summed E-state index contributed by atoms with van der Waals surface area (Å²) >= 11 is 0. The monoisotopic (exact) mass is 482 g/mol. The lowest BCUT2D eigenvalue weighted by molar-refractivity contribution is 0.0697. The summed E-state index contributed by atoms with van der Waals surface area (Å²) in [5, 5.41) is 33.4. The van der Waals surface area contributed by atoms with Crippen LogP contribution in [0.5, 0.6) is 11.5 Å². The molecule has 0 bridgehead atoms. The third kappa shape index (κ3) is 7.09. The van der Waals surface area contributed by atoms with E-state index in [0.29, 0.717) is 35.1 Å². The van der Waals surface area contributed by atoms with Gasteiger partial charge in [-0.15, -0.1) is 0 Å². The van der Waals surface area contributed by atoms with E-state index in [1.807, 2.05) is 24.3 Å². The topological polar surface area (TPSA) is 96.2 Å². The molecule has 0 aliphatic rings. The lowest BCUT2D eigenvalue weighted by Gasteiger charge is -2.20. The van der Waals surface area contributed by atoms with Gasteiger partial charge in [-0.2, -0.15) is 0 Å². The van der Waals surface area contributed by atoms with Gasteiger partial charge in [-0.1, -0.05) is 76.6 Å². The second-order valence-corrected chi connectivity index (χ2v) is 9.19. The van der Waals surface area contributed by atoms with Crippen molar-refractivity contribution in [3.63, 3.8) is 0 Å². The van der Waals surface area contributed by atoms with Crippen LogP contribution < -0.4 is 9.47 Å². The van der Waals surface area contributed by atoms with Crippen LogP contribution in [-0.4, -0.2) is 46.7 Å². The summed E-state index contributed by atoms with van der Waals surface area (Å²) in [6, 6.07) is 12.5. The fourth-order valence-corrected chi connectivity index (χ4v) is 4.33. The molecule has 0 amide bonds. The summed E-state index contributed by atoms with van der Waals surface area (Å²) in [7, 11) is 0. The van der Waals surface area contributed by atoms with E-state index in [2.05, 4.69) is 13.8 Å². The number of hydrogen-bond donors (Lipinski definition) is 3. The van der Waals surface area contributed by atoms with E-state index in [0.717, 1.165) is 49.3 Å². The maximum atomic E-state index is 11.7. The molecule has 3 N–H and O–H groups in total. The van der Waals surface area contributed by atoms with Crippen LogP contribution in [0, 0.1) is 0 Å². The van der Waals surface area contributed by atoms with Crippen LogP contribution in [0.25, 0.3) is 21.5 Å². The number of rotatable bonds is 15. The van der Waals surface area contributed by atoms with E-state index in [-0.39, 0.29) is 18.8 Å². The number of hydrogen-bond acceptors (Lipinski definition) is 5. The number of aliphatic hydroxyl groups excluding tert-OH is 2. The Hall–Kier alpha value is -2.83. The first kappa shape index (κ1) is 26.8. The Balaban J connectivity index is 1.99. The highest BCUT2D eigenvalue weighted by atomic mass is 16.5. The van der Waals surface area contributed by atoms with Crippen molar-refractivity contribution in [1.29, 1.82) is 0 Å². The maximum absolute atomic E-state index is 11.7. The lowest BCUT2D eigenvalue weighted by atomic mass is 9.98. The Kier molecular flexibility index (Phi) is 10.2. The fraction of sp³-hybridized carbons (Fsp3) is 0.483. The molecule has 190 valence electrons. The maximum Gasteiger partial charge on any atom is 0.335 e. The second kappa shape index (κ2) is 13.3. The largest absolute Gasteiger partial charge is 0.490 e. The molecule has 6 nitrogen and oxygen atoms in total. The molecule has 0 aliphatic carbocycles. The van der Waals surface area contributed by atoms with Gasteiger partial charge < -0.3 is 24.8 Å². The summed E-state index contributed by atoms with van der Waals surface area (Å²) in [6.07, 6.45) is 6.30. The van der Waals surface area contributed by atoms with Crippen LogP contribution >= 0.6 is 0 Å². The van der Waals surface area contributed by atoms with Crippen molar-refractivity contribution in [2.24, 2.45) is 0 Å². The lowest BCUT2D eigenvalue weighted by Crippen LogP contribution is -2.18. The highest BCUT2D eigenvalue weighted by Gasteiger charge is 2.19. The number of benzene rings is 3. The molecular formula is C29H38O6. The summed E-state index contributed by atoms with van der Waals surface area (Å²) in [5.74, 6) is 0.0986. The van der Waals surface area contributed by atoms with E-state index in [9.17, 15) is 20.1 Å². The molecule has 0 heterocycles. The van der Waals surface area contributed by atoms with Crippen LogP contribution in [-0.2, 0) is 0 Å². The Bertz CT molecular complexity index is 1110. The molecule has 3 aromatic rings. The van der Waals surface area contributed by atoms with Gasteiger partial charge >= 0.3 is 5.97 Å². The number of carboxylic acid groups (broad SMARTS) is 1. The molecule has 0 spiro atoms. The summed E-state index contributed by atoms with van der Waals surface area (Å²) < 4.78 is 12.3. The quantitative estimate of drug-likeness (QED) is 0.173. The van der Waals surface area contributed by atoms with Crippen molar-refractivity contribution < 1.29 is 29.6 Å². The summed E-state index contributed by atoms with van der Waals surface area (Å²) in [6.45, 7) is 4.52. The van der Waals surface area contributed by atoms with Gasteiger partial charge in [0.2, 0.25) is 0 Å². The molecule has 3 aromatic carbocycles. The predicted molar refractivity (Wildman–Crippen MR) is 140 cm³/mol. The normalized spacial score (nSPS) is 13.1. The summed E-state index contributed by atoms with van der Waals surface area (Å²) in [5.41, 5.74) is 0.145. The number of unbranched alkanes of at least 4 members (excludes halogenated alkanes) is 4. The first-order valence-corrected chi connectivity index (χ1v) is 12.8. The second-order valence-electron chi connectivity index (χ2n) is 9.19. The molecule has 6 heteroatoms. The molecule has 2 atom stereocenters. The van der Waals surface area contributed by atoms with Gasteiger partial charge in [0.25, 0.3) is 0 Å². The Labute approximate surface area is 207 Å². The first-order valence-electron chi connectivity index (χ1n) is 12.8. The van der Waals surface area contributed by atoms with Gasteiger partial charge in [-0.05, 0) is 31.0 Å². The zero-order valence-electron chi connectivity index (χ0n) is 20.8. The van der Waals surface area contributed by atoms with Crippen molar-refractivity contribution in [2.45, 2.75) is 77.4 Å². The number of ether oxygens (including phenoxy) is 2. The van der Waals surface area contributed by atoms with Gasteiger partial charge in [-0.25, -0.2) is 4.79 Å². The molecule has 0 saturated heterocycles. The molecule has 0 aliphatic heterocycles. The SMILES string of the molecule is CCCCCC(O)COc1c2ccccc2c(OCC(O)CCCCC)c2cc(C(=O)O)ccc12. The van der Waals surface area contributed by atoms with Crippen molar-refractivity contribution in [2.75, 3.05) is 13.2 Å². The molecule has 35 heavy (non-hydrogen) atoms. The van der Waals surface area contributed by atoms with E-state index >= 15 is 0 Å². The van der Waals surface area contributed by atoms with Crippen molar-refractivity contribution in [1.82, 2.24) is 0 Å².